The van der Waals surface area contributed by atoms with E-state index < -0.39 is 0 Å². The molecule has 1 fully saturated rings. The summed E-state index contributed by atoms with van der Waals surface area (Å²) in [5.74, 6) is 2.31. The van der Waals surface area contributed by atoms with Crippen LogP contribution in [0.15, 0.2) is 30.3 Å². The zero-order valence-electron chi connectivity index (χ0n) is 17.7. The van der Waals surface area contributed by atoms with Crippen molar-refractivity contribution in [3.63, 3.8) is 0 Å². The molecule has 1 aromatic rings. The molecule has 3 atom stereocenters. The van der Waals surface area contributed by atoms with Crippen LogP contribution < -0.4 is 5.32 Å². The first kappa shape index (κ1) is 22.0. The zero-order chi connectivity index (χ0) is 19.3. The molecule has 0 heterocycles. The minimum Gasteiger partial charge on any atom is -0.350 e. The van der Waals surface area contributed by atoms with Crippen molar-refractivity contribution >= 4 is 5.91 Å². The number of nitrogens with one attached hydrogen (secondary N) is 1. The van der Waals surface area contributed by atoms with E-state index in [2.05, 4.69) is 31.3 Å². The molecule has 152 valence electrons. The van der Waals surface area contributed by atoms with Gasteiger partial charge in [-0.25, -0.2) is 0 Å². The van der Waals surface area contributed by atoms with E-state index in [1.165, 1.54) is 76.2 Å². The van der Waals surface area contributed by atoms with Crippen molar-refractivity contribution in [2.75, 3.05) is 0 Å². The summed E-state index contributed by atoms with van der Waals surface area (Å²) < 4.78 is 0. The molecule has 1 unspecified atom stereocenters. The minimum absolute atomic E-state index is 0.104. The van der Waals surface area contributed by atoms with Gasteiger partial charge in [-0.3, -0.25) is 4.79 Å². The van der Waals surface area contributed by atoms with E-state index in [1.54, 1.807) is 0 Å². The smallest absolute Gasteiger partial charge is 0.220 e. The van der Waals surface area contributed by atoms with Gasteiger partial charge >= 0.3 is 0 Å². The van der Waals surface area contributed by atoms with Crippen LogP contribution in [-0.4, -0.2) is 5.91 Å². The Kier molecular flexibility index (Phi) is 10.6. The minimum atomic E-state index is 0.104. The third kappa shape index (κ3) is 9.44. The monoisotopic (exact) mass is 371 g/mol. The standard InChI is InChI=1S/C25H41NO/c1-3-4-5-10-17-23-20-24(23)18-11-7-6-8-14-19-25(27)26-21(2)22-15-12-9-13-16-22/h9,12-13,15-16,21,23-24H,3-8,10-11,14,17-20H2,1-2H3,(H,26,27)/t21?,23-,24+/m0/s1. The van der Waals surface area contributed by atoms with Crippen LogP contribution in [0.2, 0.25) is 0 Å². The van der Waals surface area contributed by atoms with Crippen LogP contribution in [-0.2, 0) is 4.79 Å². The van der Waals surface area contributed by atoms with Gasteiger partial charge in [0.2, 0.25) is 5.91 Å². The Bertz CT molecular complexity index is 512. The number of hydrogen-bond donors (Lipinski definition) is 1. The number of unbranched alkanes of at least 4 members (excludes halogenated alkanes) is 7. The van der Waals surface area contributed by atoms with Gasteiger partial charge in [-0.2, -0.15) is 0 Å². The molecule has 1 N–H and O–H groups in total. The molecule has 2 heteroatoms. The van der Waals surface area contributed by atoms with E-state index in [0.717, 1.165) is 18.3 Å². The summed E-state index contributed by atoms with van der Waals surface area (Å²) in [6.45, 7) is 4.35. The molecule has 0 spiro atoms. The molecule has 0 bridgehead atoms. The Balaban J connectivity index is 1.39. The highest BCUT2D eigenvalue weighted by Gasteiger charge is 2.34. The topological polar surface area (TPSA) is 29.1 Å². The SMILES string of the molecule is CCCCCC[C@H]1C[C@H]1CCCCCCCC(=O)NC(C)c1ccccc1. The number of carbonyl (C=O) groups is 1. The van der Waals surface area contributed by atoms with E-state index >= 15 is 0 Å². The van der Waals surface area contributed by atoms with Crippen LogP contribution in [0.4, 0.5) is 0 Å². The maximum absolute atomic E-state index is 12.1. The van der Waals surface area contributed by atoms with Gasteiger partial charge in [-0.1, -0.05) is 101 Å². The van der Waals surface area contributed by atoms with E-state index in [9.17, 15) is 4.79 Å². The summed E-state index contributed by atoms with van der Waals surface area (Å²) in [4.78, 5) is 12.1. The van der Waals surface area contributed by atoms with Gasteiger partial charge in [-0.05, 0) is 37.2 Å². The second kappa shape index (κ2) is 13.0. The molecule has 0 aliphatic heterocycles. The number of hydrogen-bond acceptors (Lipinski definition) is 1. The second-order valence-electron chi connectivity index (χ2n) is 8.61. The lowest BCUT2D eigenvalue weighted by molar-refractivity contribution is -0.121. The normalized spacial score (nSPS) is 19.6. The highest BCUT2D eigenvalue weighted by molar-refractivity contribution is 5.76. The van der Waals surface area contributed by atoms with Crippen molar-refractivity contribution in [2.45, 2.75) is 103 Å². The van der Waals surface area contributed by atoms with Crippen LogP contribution in [0.3, 0.4) is 0 Å². The number of amides is 1. The molecular formula is C25H41NO. The summed E-state index contributed by atoms with van der Waals surface area (Å²) in [6.07, 6.45) is 17.0. The van der Waals surface area contributed by atoms with Crippen LogP contribution in [0, 0.1) is 11.8 Å². The molecule has 0 radical (unpaired) electrons. The van der Waals surface area contributed by atoms with Crippen molar-refractivity contribution in [1.29, 1.82) is 0 Å². The molecule has 2 rings (SSSR count). The summed E-state index contributed by atoms with van der Waals surface area (Å²) in [5.41, 5.74) is 1.18. The quantitative estimate of drug-likeness (QED) is 0.324. The molecule has 1 saturated carbocycles. The summed E-state index contributed by atoms with van der Waals surface area (Å²) in [7, 11) is 0. The molecule has 1 aliphatic rings. The van der Waals surface area contributed by atoms with E-state index in [0.29, 0.717) is 6.42 Å². The second-order valence-corrected chi connectivity index (χ2v) is 8.61. The van der Waals surface area contributed by atoms with Crippen LogP contribution >= 0.6 is 0 Å². The predicted molar refractivity (Wildman–Crippen MR) is 116 cm³/mol. The van der Waals surface area contributed by atoms with Crippen LogP contribution in [0.25, 0.3) is 0 Å². The lowest BCUT2D eigenvalue weighted by atomic mass is 10.0. The highest BCUT2D eigenvalue weighted by Crippen LogP contribution is 2.45. The Labute approximate surface area is 167 Å². The fraction of sp³-hybridized carbons (Fsp3) is 0.720. The van der Waals surface area contributed by atoms with Crippen molar-refractivity contribution in [3.8, 4) is 0 Å². The van der Waals surface area contributed by atoms with Crippen molar-refractivity contribution in [2.24, 2.45) is 11.8 Å². The molecule has 27 heavy (non-hydrogen) atoms. The summed E-state index contributed by atoms with van der Waals surface area (Å²) >= 11 is 0. The molecule has 2 nitrogen and oxygen atoms in total. The zero-order valence-corrected chi connectivity index (χ0v) is 17.7. The highest BCUT2D eigenvalue weighted by atomic mass is 16.1. The average Bonchev–Trinajstić information content (AvgIpc) is 3.43. The largest absolute Gasteiger partial charge is 0.350 e. The van der Waals surface area contributed by atoms with Gasteiger partial charge in [-0.15, -0.1) is 0 Å². The fourth-order valence-corrected chi connectivity index (χ4v) is 4.21. The summed E-state index contributed by atoms with van der Waals surface area (Å²) in [5, 5.41) is 3.11. The third-order valence-electron chi connectivity index (χ3n) is 6.15. The van der Waals surface area contributed by atoms with Crippen LogP contribution in [0.5, 0.6) is 0 Å². The van der Waals surface area contributed by atoms with E-state index in [-0.39, 0.29) is 11.9 Å². The van der Waals surface area contributed by atoms with Gasteiger partial charge in [0.15, 0.2) is 0 Å². The van der Waals surface area contributed by atoms with Gasteiger partial charge in [0.05, 0.1) is 6.04 Å². The molecule has 1 amide bonds. The molecule has 1 aromatic carbocycles. The summed E-state index contributed by atoms with van der Waals surface area (Å²) in [6, 6.07) is 10.3. The molecule has 0 aromatic heterocycles. The number of rotatable bonds is 15. The first-order chi connectivity index (χ1) is 13.2. The first-order valence-corrected chi connectivity index (χ1v) is 11.5. The number of carbonyl (C=O) groups excluding carboxylic acids is 1. The fourth-order valence-electron chi connectivity index (χ4n) is 4.21. The Morgan fingerprint density at radius 1 is 0.926 bits per heavy atom. The Morgan fingerprint density at radius 3 is 2.19 bits per heavy atom. The molecule has 1 aliphatic carbocycles. The van der Waals surface area contributed by atoms with Crippen molar-refractivity contribution in [3.05, 3.63) is 35.9 Å². The third-order valence-corrected chi connectivity index (χ3v) is 6.15. The lowest BCUT2D eigenvalue weighted by Gasteiger charge is -2.14. The van der Waals surface area contributed by atoms with Crippen LogP contribution in [0.1, 0.15) is 109 Å². The van der Waals surface area contributed by atoms with Gasteiger partial charge in [0, 0.05) is 6.42 Å². The lowest BCUT2D eigenvalue weighted by Crippen LogP contribution is -2.26. The Hall–Kier alpha value is -1.31. The molecular weight excluding hydrogens is 330 g/mol. The Morgan fingerprint density at radius 2 is 1.52 bits per heavy atom. The van der Waals surface area contributed by atoms with Crippen molar-refractivity contribution < 1.29 is 4.79 Å². The van der Waals surface area contributed by atoms with E-state index in [4.69, 9.17) is 0 Å². The number of benzene rings is 1. The van der Waals surface area contributed by atoms with Gasteiger partial charge < -0.3 is 5.32 Å². The average molecular weight is 372 g/mol. The maximum atomic E-state index is 12.1. The van der Waals surface area contributed by atoms with Crippen molar-refractivity contribution in [1.82, 2.24) is 5.32 Å². The van der Waals surface area contributed by atoms with E-state index in [1.807, 2.05) is 18.2 Å². The first-order valence-electron chi connectivity index (χ1n) is 11.5. The predicted octanol–water partition coefficient (Wildman–Crippen LogP) is 7.20. The van der Waals surface area contributed by atoms with Gasteiger partial charge in [0.25, 0.3) is 0 Å². The maximum Gasteiger partial charge on any atom is 0.220 e. The molecule has 0 saturated heterocycles. The van der Waals surface area contributed by atoms with Gasteiger partial charge in [0.1, 0.15) is 0 Å².